The fraction of sp³-hybridized carbons (Fsp3) is 0.462. The fourth-order valence-corrected chi connectivity index (χ4v) is 2.81. The van der Waals surface area contributed by atoms with E-state index in [9.17, 15) is 9.59 Å². The molecule has 0 saturated carbocycles. The number of rotatable bonds is 1. The summed E-state index contributed by atoms with van der Waals surface area (Å²) >= 11 is 0. The molecule has 1 unspecified atom stereocenters. The number of anilines is 2. The number of hydrogen-bond donors (Lipinski definition) is 0. The van der Waals surface area contributed by atoms with E-state index in [-0.39, 0.29) is 17.7 Å². The van der Waals surface area contributed by atoms with Gasteiger partial charge in [0.05, 0.1) is 11.7 Å². The van der Waals surface area contributed by atoms with Crippen LogP contribution < -0.4 is 9.80 Å². The van der Waals surface area contributed by atoms with E-state index in [0.717, 1.165) is 25.2 Å². The molecular formula is C13H15N3O2. The third-order valence-electron chi connectivity index (χ3n) is 3.65. The van der Waals surface area contributed by atoms with Crippen LogP contribution in [0.25, 0.3) is 0 Å². The van der Waals surface area contributed by atoms with Gasteiger partial charge in [0.25, 0.3) is 0 Å². The minimum atomic E-state index is -0.0748. The van der Waals surface area contributed by atoms with Crippen molar-refractivity contribution in [2.75, 3.05) is 22.9 Å². The summed E-state index contributed by atoms with van der Waals surface area (Å²) in [6, 6.07) is 3.83. The van der Waals surface area contributed by atoms with Crippen LogP contribution in [0.1, 0.15) is 30.8 Å². The molecule has 3 rings (SSSR count). The first-order valence-electron chi connectivity index (χ1n) is 6.14. The molecule has 0 aliphatic carbocycles. The van der Waals surface area contributed by atoms with E-state index in [1.807, 2.05) is 6.07 Å². The molecule has 18 heavy (non-hydrogen) atoms. The fourth-order valence-electron chi connectivity index (χ4n) is 2.81. The third-order valence-corrected chi connectivity index (χ3v) is 3.65. The Kier molecular flexibility index (Phi) is 2.36. The number of aromatic nitrogens is 1. The zero-order chi connectivity index (χ0) is 12.9. The first kappa shape index (κ1) is 11.2. The molecule has 0 radical (unpaired) electrons. The Morgan fingerprint density at radius 3 is 2.78 bits per heavy atom. The molecule has 0 aromatic carbocycles. The maximum atomic E-state index is 11.8. The molecular weight excluding hydrogens is 230 g/mol. The van der Waals surface area contributed by atoms with Gasteiger partial charge in [0.2, 0.25) is 5.91 Å². The molecule has 2 bridgehead atoms. The molecule has 94 valence electrons. The second kappa shape index (κ2) is 3.80. The van der Waals surface area contributed by atoms with E-state index >= 15 is 0 Å². The van der Waals surface area contributed by atoms with Gasteiger partial charge in [-0.2, -0.15) is 0 Å². The van der Waals surface area contributed by atoms with Crippen molar-refractivity contribution in [1.82, 2.24) is 4.98 Å². The summed E-state index contributed by atoms with van der Waals surface area (Å²) in [5.74, 6) is 0.564. The van der Waals surface area contributed by atoms with Crippen LogP contribution in [-0.2, 0) is 4.79 Å². The lowest BCUT2D eigenvalue weighted by molar-refractivity contribution is -0.117. The predicted molar refractivity (Wildman–Crippen MR) is 68.0 cm³/mol. The van der Waals surface area contributed by atoms with Gasteiger partial charge in [-0.05, 0) is 18.6 Å². The molecule has 1 fully saturated rings. The van der Waals surface area contributed by atoms with Crippen molar-refractivity contribution < 1.29 is 9.59 Å². The summed E-state index contributed by atoms with van der Waals surface area (Å²) in [4.78, 5) is 31.6. The van der Waals surface area contributed by atoms with Gasteiger partial charge in [0.15, 0.2) is 11.6 Å². The van der Waals surface area contributed by atoms with Crippen LogP contribution in [-0.4, -0.2) is 35.8 Å². The number of Topliss-reactive ketones (excluding diaryl/α,β-unsaturated/α-hetero) is 1. The highest BCUT2D eigenvalue weighted by Gasteiger charge is 2.38. The van der Waals surface area contributed by atoms with Crippen molar-refractivity contribution in [1.29, 1.82) is 0 Å². The van der Waals surface area contributed by atoms with E-state index < -0.39 is 0 Å². The van der Waals surface area contributed by atoms with Crippen molar-refractivity contribution in [2.45, 2.75) is 26.3 Å². The minimum Gasteiger partial charge on any atom is -0.366 e. The van der Waals surface area contributed by atoms with Gasteiger partial charge in [-0.3, -0.25) is 14.5 Å². The lowest BCUT2D eigenvalue weighted by Gasteiger charge is -2.35. The average Bonchev–Trinajstić information content (AvgIpc) is 2.73. The number of nitrogens with zero attached hydrogens (tertiary/aromatic N) is 3. The number of hydrogen-bond acceptors (Lipinski definition) is 4. The van der Waals surface area contributed by atoms with Crippen LogP contribution in [0.2, 0.25) is 0 Å². The Balaban J connectivity index is 2.15. The van der Waals surface area contributed by atoms with Gasteiger partial charge in [-0.1, -0.05) is 0 Å². The lowest BCUT2D eigenvalue weighted by atomic mass is 10.1. The molecule has 0 N–H and O–H groups in total. The van der Waals surface area contributed by atoms with Crippen LogP contribution in [0.4, 0.5) is 11.5 Å². The summed E-state index contributed by atoms with van der Waals surface area (Å²) in [7, 11) is 0. The van der Waals surface area contributed by atoms with Crippen molar-refractivity contribution in [3.63, 3.8) is 0 Å². The summed E-state index contributed by atoms with van der Waals surface area (Å²) in [6.07, 6.45) is 0.964. The average molecular weight is 245 g/mol. The van der Waals surface area contributed by atoms with Crippen LogP contribution in [0, 0.1) is 0 Å². The van der Waals surface area contributed by atoms with Crippen molar-refractivity contribution in [2.24, 2.45) is 0 Å². The first-order valence-corrected chi connectivity index (χ1v) is 6.14. The molecule has 2 aliphatic rings. The monoisotopic (exact) mass is 245 g/mol. The van der Waals surface area contributed by atoms with E-state index in [0.29, 0.717) is 11.5 Å². The Morgan fingerprint density at radius 2 is 2.11 bits per heavy atom. The highest BCUT2D eigenvalue weighted by molar-refractivity contribution is 5.98. The highest BCUT2D eigenvalue weighted by atomic mass is 16.2. The van der Waals surface area contributed by atoms with E-state index in [2.05, 4.69) is 9.88 Å². The van der Waals surface area contributed by atoms with E-state index in [1.54, 1.807) is 17.9 Å². The van der Waals surface area contributed by atoms with Gasteiger partial charge in [-0.25, -0.2) is 4.98 Å². The zero-order valence-electron chi connectivity index (χ0n) is 10.5. The molecule has 1 atom stereocenters. The zero-order valence-corrected chi connectivity index (χ0v) is 10.5. The second-order valence-corrected chi connectivity index (χ2v) is 4.87. The van der Waals surface area contributed by atoms with Gasteiger partial charge in [0, 0.05) is 26.9 Å². The van der Waals surface area contributed by atoms with Crippen LogP contribution in [0.3, 0.4) is 0 Å². The molecule has 3 heterocycles. The highest BCUT2D eigenvalue weighted by Crippen LogP contribution is 2.38. The van der Waals surface area contributed by atoms with Gasteiger partial charge in [0.1, 0.15) is 5.69 Å². The molecule has 0 spiro atoms. The quantitative estimate of drug-likeness (QED) is 0.698. The first-order chi connectivity index (χ1) is 8.58. The summed E-state index contributed by atoms with van der Waals surface area (Å²) in [5.41, 5.74) is 1.38. The number of pyridine rings is 1. The van der Waals surface area contributed by atoms with Gasteiger partial charge >= 0.3 is 0 Å². The summed E-state index contributed by atoms with van der Waals surface area (Å²) in [5, 5.41) is 0. The van der Waals surface area contributed by atoms with Crippen molar-refractivity contribution >= 4 is 23.2 Å². The number of carbonyl (C=O) groups excluding carboxylic acids is 2. The largest absolute Gasteiger partial charge is 0.366 e. The van der Waals surface area contributed by atoms with Crippen molar-refractivity contribution in [3.8, 4) is 0 Å². The number of ketones is 1. The smallest absolute Gasteiger partial charge is 0.225 e. The van der Waals surface area contributed by atoms with Crippen molar-refractivity contribution in [3.05, 3.63) is 17.8 Å². The minimum absolute atomic E-state index is 0.00370. The normalized spacial score (nSPS) is 20.9. The standard InChI is InChI=1S/C13H15N3O2/c1-8(17)11-3-4-12-13(14-11)16(9(2)18)10-5-6-15(12)7-10/h3-4,10H,5-7H2,1-2H3. The third kappa shape index (κ3) is 1.50. The molecule has 5 nitrogen and oxygen atoms in total. The Morgan fingerprint density at radius 1 is 1.33 bits per heavy atom. The van der Waals surface area contributed by atoms with Crippen LogP contribution >= 0.6 is 0 Å². The summed E-state index contributed by atoms with van der Waals surface area (Å²) in [6.45, 7) is 4.86. The number of fused-ring (bicyclic) bond motifs is 4. The molecule has 1 aromatic rings. The van der Waals surface area contributed by atoms with Crippen LogP contribution in [0.15, 0.2) is 12.1 Å². The van der Waals surface area contributed by atoms with E-state index in [1.165, 1.54) is 6.92 Å². The Labute approximate surface area is 105 Å². The number of amides is 1. The van der Waals surface area contributed by atoms with E-state index in [4.69, 9.17) is 0 Å². The van der Waals surface area contributed by atoms with Crippen LogP contribution in [0.5, 0.6) is 0 Å². The maximum Gasteiger partial charge on any atom is 0.225 e. The summed E-state index contributed by atoms with van der Waals surface area (Å²) < 4.78 is 0. The topological polar surface area (TPSA) is 53.5 Å². The molecule has 2 aliphatic heterocycles. The molecule has 1 amide bonds. The maximum absolute atomic E-state index is 11.8. The molecule has 1 aromatic heterocycles. The van der Waals surface area contributed by atoms with Gasteiger partial charge in [-0.15, -0.1) is 0 Å². The Hall–Kier alpha value is -1.91. The van der Waals surface area contributed by atoms with Gasteiger partial charge < -0.3 is 4.90 Å². The lowest BCUT2D eigenvalue weighted by Crippen LogP contribution is -2.45. The second-order valence-electron chi connectivity index (χ2n) is 4.87. The molecule has 5 heteroatoms. The predicted octanol–water partition coefficient (Wildman–Crippen LogP) is 1.23. The number of carbonyl (C=O) groups is 2. The SMILES string of the molecule is CC(=O)c1ccc2c(n1)N(C(C)=O)C1CCN2C1. The Bertz CT molecular complexity index is 541. The molecule has 1 saturated heterocycles.